The van der Waals surface area contributed by atoms with Crippen molar-refractivity contribution in [1.82, 2.24) is 5.32 Å². The second-order valence-corrected chi connectivity index (χ2v) is 4.22. The molecule has 0 heterocycles. The minimum atomic E-state index is 0.281. The van der Waals surface area contributed by atoms with E-state index in [-0.39, 0.29) is 6.10 Å². The fraction of sp³-hybridized carbons (Fsp3) is 0.571. The van der Waals surface area contributed by atoms with Gasteiger partial charge in [-0.05, 0) is 37.9 Å². The topological polar surface area (TPSA) is 21.3 Å². The monoisotopic (exact) mass is 221 g/mol. The van der Waals surface area contributed by atoms with E-state index in [1.165, 1.54) is 11.1 Å². The van der Waals surface area contributed by atoms with Gasteiger partial charge in [-0.15, -0.1) is 0 Å². The summed E-state index contributed by atoms with van der Waals surface area (Å²) in [4.78, 5) is 0. The molecule has 0 saturated carbocycles. The molecule has 1 aromatic rings. The van der Waals surface area contributed by atoms with E-state index in [0.717, 1.165) is 12.8 Å². The van der Waals surface area contributed by atoms with Gasteiger partial charge >= 0.3 is 0 Å². The van der Waals surface area contributed by atoms with Gasteiger partial charge in [0.15, 0.2) is 0 Å². The standard InChI is InChI=1S/C14H23NO/c1-5-12-6-8-13(9-7-12)14(15-3)10-11(2)16-4/h6-9,11,14-15H,5,10H2,1-4H3. The lowest BCUT2D eigenvalue weighted by Gasteiger charge is -2.20. The molecule has 0 aliphatic rings. The van der Waals surface area contributed by atoms with Crippen molar-refractivity contribution in [3.8, 4) is 0 Å². The average molecular weight is 221 g/mol. The van der Waals surface area contributed by atoms with Crippen molar-refractivity contribution in [2.45, 2.75) is 38.8 Å². The number of methoxy groups -OCH3 is 1. The van der Waals surface area contributed by atoms with Crippen LogP contribution >= 0.6 is 0 Å². The maximum absolute atomic E-state index is 5.31. The van der Waals surface area contributed by atoms with Crippen LogP contribution in [0.15, 0.2) is 24.3 Å². The minimum absolute atomic E-state index is 0.281. The van der Waals surface area contributed by atoms with E-state index in [0.29, 0.717) is 6.04 Å². The Bertz CT molecular complexity index is 294. The quantitative estimate of drug-likeness (QED) is 0.797. The van der Waals surface area contributed by atoms with E-state index in [1.54, 1.807) is 7.11 Å². The Balaban J connectivity index is 2.70. The summed E-state index contributed by atoms with van der Waals surface area (Å²) in [5.74, 6) is 0. The summed E-state index contributed by atoms with van der Waals surface area (Å²) in [6.45, 7) is 4.28. The first-order valence-corrected chi connectivity index (χ1v) is 6.00. The van der Waals surface area contributed by atoms with Crippen LogP contribution in [0.4, 0.5) is 0 Å². The fourth-order valence-corrected chi connectivity index (χ4v) is 1.83. The van der Waals surface area contributed by atoms with Crippen molar-refractivity contribution in [2.75, 3.05) is 14.2 Å². The summed E-state index contributed by atoms with van der Waals surface area (Å²) in [7, 11) is 3.76. The Morgan fingerprint density at radius 1 is 1.25 bits per heavy atom. The number of nitrogens with one attached hydrogen (secondary N) is 1. The van der Waals surface area contributed by atoms with Gasteiger partial charge < -0.3 is 10.1 Å². The molecule has 2 heteroatoms. The SMILES string of the molecule is CCc1ccc(C(CC(C)OC)NC)cc1. The molecule has 0 saturated heterocycles. The first kappa shape index (κ1) is 13.2. The van der Waals surface area contributed by atoms with Gasteiger partial charge in [-0.1, -0.05) is 31.2 Å². The van der Waals surface area contributed by atoms with Gasteiger partial charge in [-0.25, -0.2) is 0 Å². The smallest absolute Gasteiger partial charge is 0.0561 e. The fourth-order valence-electron chi connectivity index (χ4n) is 1.83. The lowest BCUT2D eigenvalue weighted by Crippen LogP contribution is -2.21. The molecule has 90 valence electrons. The Kier molecular flexibility index (Phi) is 5.50. The Morgan fingerprint density at radius 3 is 2.31 bits per heavy atom. The largest absolute Gasteiger partial charge is 0.382 e. The van der Waals surface area contributed by atoms with Crippen molar-refractivity contribution in [1.29, 1.82) is 0 Å². The van der Waals surface area contributed by atoms with Crippen LogP contribution in [0.3, 0.4) is 0 Å². The van der Waals surface area contributed by atoms with Crippen molar-refractivity contribution >= 4 is 0 Å². The summed E-state index contributed by atoms with van der Waals surface area (Å²) < 4.78 is 5.31. The van der Waals surface area contributed by atoms with Crippen molar-refractivity contribution in [2.24, 2.45) is 0 Å². The maximum Gasteiger partial charge on any atom is 0.0561 e. The number of rotatable bonds is 6. The molecule has 2 nitrogen and oxygen atoms in total. The molecule has 0 aromatic heterocycles. The molecule has 0 aliphatic carbocycles. The summed E-state index contributed by atoms with van der Waals surface area (Å²) in [5.41, 5.74) is 2.72. The zero-order valence-corrected chi connectivity index (χ0v) is 10.8. The van der Waals surface area contributed by atoms with Crippen LogP contribution in [0.5, 0.6) is 0 Å². The Hall–Kier alpha value is -0.860. The molecular formula is C14H23NO. The van der Waals surface area contributed by atoms with Gasteiger partial charge in [0, 0.05) is 13.2 Å². The Morgan fingerprint density at radius 2 is 1.88 bits per heavy atom. The maximum atomic E-state index is 5.31. The zero-order valence-electron chi connectivity index (χ0n) is 10.8. The molecule has 0 aliphatic heterocycles. The third-order valence-electron chi connectivity index (χ3n) is 3.11. The summed E-state index contributed by atoms with van der Waals surface area (Å²) in [6.07, 6.45) is 2.38. The second-order valence-electron chi connectivity index (χ2n) is 4.22. The van der Waals surface area contributed by atoms with E-state index < -0.39 is 0 Å². The molecule has 2 atom stereocenters. The van der Waals surface area contributed by atoms with Gasteiger partial charge in [-0.3, -0.25) is 0 Å². The highest BCUT2D eigenvalue weighted by molar-refractivity contribution is 5.25. The Labute approximate surface area is 99.0 Å². The highest BCUT2D eigenvalue weighted by atomic mass is 16.5. The third kappa shape index (κ3) is 3.62. The van der Waals surface area contributed by atoms with E-state index in [4.69, 9.17) is 4.74 Å². The van der Waals surface area contributed by atoms with Crippen LogP contribution in [-0.4, -0.2) is 20.3 Å². The normalized spacial score (nSPS) is 14.8. The zero-order chi connectivity index (χ0) is 12.0. The van der Waals surface area contributed by atoms with Gasteiger partial charge in [0.2, 0.25) is 0 Å². The first-order valence-electron chi connectivity index (χ1n) is 6.00. The highest BCUT2D eigenvalue weighted by Crippen LogP contribution is 2.19. The minimum Gasteiger partial charge on any atom is -0.382 e. The molecule has 1 aromatic carbocycles. The van der Waals surface area contributed by atoms with Gasteiger partial charge in [0.25, 0.3) is 0 Å². The van der Waals surface area contributed by atoms with Crippen LogP contribution < -0.4 is 5.32 Å². The van der Waals surface area contributed by atoms with Crippen molar-refractivity contribution < 1.29 is 4.74 Å². The number of hydrogen-bond donors (Lipinski definition) is 1. The molecule has 16 heavy (non-hydrogen) atoms. The number of aryl methyl sites for hydroxylation is 1. The molecule has 1 N–H and O–H groups in total. The van der Waals surface area contributed by atoms with Gasteiger partial charge in [0.05, 0.1) is 6.10 Å². The van der Waals surface area contributed by atoms with E-state index in [9.17, 15) is 0 Å². The van der Waals surface area contributed by atoms with E-state index in [1.807, 2.05) is 7.05 Å². The molecule has 1 rings (SSSR count). The van der Waals surface area contributed by atoms with E-state index >= 15 is 0 Å². The highest BCUT2D eigenvalue weighted by Gasteiger charge is 2.12. The number of hydrogen-bond acceptors (Lipinski definition) is 2. The molecule has 0 fully saturated rings. The van der Waals surface area contributed by atoms with Gasteiger partial charge in [0.1, 0.15) is 0 Å². The molecular weight excluding hydrogens is 198 g/mol. The van der Waals surface area contributed by atoms with Crippen LogP contribution in [-0.2, 0) is 11.2 Å². The summed E-state index contributed by atoms with van der Waals surface area (Å²) >= 11 is 0. The number of benzene rings is 1. The molecule has 0 amide bonds. The average Bonchev–Trinajstić information content (AvgIpc) is 2.35. The second kappa shape index (κ2) is 6.66. The predicted octanol–water partition coefficient (Wildman–Crippen LogP) is 2.93. The lowest BCUT2D eigenvalue weighted by molar-refractivity contribution is 0.101. The lowest BCUT2D eigenvalue weighted by atomic mass is 9.99. The van der Waals surface area contributed by atoms with Crippen LogP contribution in [0.25, 0.3) is 0 Å². The third-order valence-corrected chi connectivity index (χ3v) is 3.11. The van der Waals surface area contributed by atoms with Crippen LogP contribution in [0.2, 0.25) is 0 Å². The van der Waals surface area contributed by atoms with Crippen molar-refractivity contribution in [3.63, 3.8) is 0 Å². The van der Waals surface area contributed by atoms with Gasteiger partial charge in [-0.2, -0.15) is 0 Å². The molecule has 0 bridgehead atoms. The molecule has 0 radical (unpaired) electrons. The van der Waals surface area contributed by atoms with Crippen LogP contribution in [0.1, 0.15) is 37.4 Å². The molecule has 0 spiro atoms. The first-order chi connectivity index (χ1) is 7.71. The predicted molar refractivity (Wildman–Crippen MR) is 68.7 cm³/mol. The van der Waals surface area contributed by atoms with Crippen molar-refractivity contribution in [3.05, 3.63) is 35.4 Å². The summed E-state index contributed by atoms with van der Waals surface area (Å²) in [5, 5.41) is 3.34. The summed E-state index contributed by atoms with van der Waals surface area (Å²) in [6, 6.07) is 9.21. The van der Waals surface area contributed by atoms with E-state index in [2.05, 4.69) is 43.4 Å². The number of ether oxygens (including phenoxy) is 1. The van der Waals surface area contributed by atoms with Crippen LogP contribution in [0, 0.1) is 0 Å². The molecule has 2 unspecified atom stereocenters.